The van der Waals surface area contributed by atoms with Crippen molar-refractivity contribution in [3.8, 4) is 0 Å². The van der Waals surface area contributed by atoms with E-state index in [1.165, 1.54) is 18.5 Å². The highest BCUT2D eigenvalue weighted by atomic mass is 19.1. The summed E-state index contributed by atoms with van der Waals surface area (Å²) in [7, 11) is 0. The Morgan fingerprint density at radius 1 is 1.21 bits per heavy atom. The van der Waals surface area contributed by atoms with Crippen LogP contribution in [0.25, 0.3) is 0 Å². The predicted molar refractivity (Wildman–Crippen MR) is 85.0 cm³/mol. The second kappa shape index (κ2) is 6.86. The SMILES string of the molecule is Cc1cc(NC(=O)c2cc(NCc3ccccc3F)ncn2)no1. The first-order chi connectivity index (χ1) is 11.6. The maximum atomic E-state index is 13.6. The van der Waals surface area contributed by atoms with Gasteiger partial charge >= 0.3 is 0 Å². The molecule has 0 aliphatic rings. The summed E-state index contributed by atoms with van der Waals surface area (Å²) in [6, 6.07) is 9.50. The highest BCUT2D eigenvalue weighted by Crippen LogP contribution is 2.12. The van der Waals surface area contributed by atoms with Gasteiger partial charge < -0.3 is 15.2 Å². The van der Waals surface area contributed by atoms with E-state index in [0.29, 0.717) is 23.0 Å². The van der Waals surface area contributed by atoms with Crippen molar-refractivity contribution in [1.82, 2.24) is 15.1 Å². The number of benzene rings is 1. The third-order valence-corrected chi connectivity index (χ3v) is 3.19. The van der Waals surface area contributed by atoms with E-state index in [-0.39, 0.29) is 18.1 Å². The fraction of sp³-hybridized carbons (Fsp3) is 0.125. The Kier molecular flexibility index (Phi) is 4.46. The van der Waals surface area contributed by atoms with E-state index in [9.17, 15) is 9.18 Å². The minimum absolute atomic E-state index is 0.154. The van der Waals surface area contributed by atoms with Crippen molar-refractivity contribution in [3.05, 3.63) is 65.6 Å². The number of anilines is 2. The summed E-state index contributed by atoms with van der Waals surface area (Å²) >= 11 is 0. The van der Waals surface area contributed by atoms with E-state index in [1.807, 2.05) is 0 Å². The topological polar surface area (TPSA) is 92.9 Å². The highest BCUT2D eigenvalue weighted by Gasteiger charge is 2.11. The lowest BCUT2D eigenvalue weighted by Crippen LogP contribution is -2.15. The van der Waals surface area contributed by atoms with Crippen LogP contribution in [0.2, 0.25) is 0 Å². The molecule has 0 spiro atoms. The molecule has 1 aromatic carbocycles. The van der Waals surface area contributed by atoms with Gasteiger partial charge in [-0.25, -0.2) is 14.4 Å². The van der Waals surface area contributed by atoms with Crippen LogP contribution in [0.5, 0.6) is 0 Å². The molecule has 2 heterocycles. The molecule has 0 radical (unpaired) electrons. The predicted octanol–water partition coefficient (Wildman–Crippen LogP) is 2.78. The molecular formula is C16H14FN5O2. The molecule has 2 aromatic heterocycles. The van der Waals surface area contributed by atoms with Gasteiger partial charge in [-0.05, 0) is 13.0 Å². The number of carbonyl (C=O) groups is 1. The fourth-order valence-electron chi connectivity index (χ4n) is 2.01. The summed E-state index contributed by atoms with van der Waals surface area (Å²) in [5.74, 6) is 0.546. The smallest absolute Gasteiger partial charge is 0.275 e. The average Bonchev–Trinajstić information content (AvgIpc) is 2.99. The van der Waals surface area contributed by atoms with Crippen LogP contribution < -0.4 is 10.6 Å². The monoisotopic (exact) mass is 327 g/mol. The Balaban J connectivity index is 1.67. The number of amides is 1. The van der Waals surface area contributed by atoms with Gasteiger partial charge in [0.05, 0.1) is 0 Å². The van der Waals surface area contributed by atoms with Crippen molar-refractivity contribution < 1.29 is 13.7 Å². The molecule has 0 aliphatic carbocycles. The van der Waals surface area contributed by atoms with Crippen LogP contribution in [-0.2, 0) is 6.54 Å². The number of rotatable bonds is 5. The van der Waals surface area contributed by atoms with Crippen molar-refractivity contribution in [2.45, 2.75) is 13.5 Å². The van der Waals surface area contributed by atoms with Gasteiger partial charge in [-0.2, -0.15) is 0 Å². The summed E-state index contributed by atoms with van der Waals surface area (Å²) in [4.78, 5) is 20.1. The molecule has 24 heavy (non-hydrogen) atoms. The average molecular weight is 327 g/mol. The molecular weight excluding hydrogens is 313 g/mol. The van der Waals surface area contributed by atoms with Crippen molar-refractivity contribution in [1.29, 1.82) is 0 Å². The van der Waals surface area contributed by atoms with E-state index in [1.54, 1.807) is 31.2 Å². The number of aryl methyl sites for hydroxylation is 1. The molecule has 0 saturated heterocycles. The second-order valence-corrected chi connectivity index (χ2v) is 5.01. The lowest BCUT2D eigenvalue weighted by Gasteiger charge is -2.07. The van der Waals surface area contributed by atoms with Crippen LogP contribution in [0, 0.1) is 12.7 Å². The van der Waals surface area contributed by atoms with Crippen molar-refractivity contribution in [2.75, 3.05) is 10.6 Å². The van der Waals surface area contributed by atoms with Gasteiger partial charge in [0.25, 0.3) is 5.91 Å². The number of hydrogen-bond acceptors (Lipinski definition) is 6. The molecule has 0 saturated carbocycles. The molecule has 3 aromatic rings. The van der Waals surface area contributed by atoms with Gasteiger partial charge in [0.1, 0.15) is 29.4 Å². The van der Waals surface area contributed by atoms with Crippen LogP contribution in [0.3, 0.4) is 0 Å². The van der Waals surface area contributed by atoms with Gasteiger partial charge in [-0.15, -0.1) is 0 Å². The lowest BCUT2D eigenvalue weighted by atomic mass is 10.2. The second-order valence-electron chi connectivity index (χ2n) is 5.01. The fourth-order valence-corrected chi connectivity index (χ4v) is 2.01. The number of carbonyl (C=O) groups excluding carboxylic acids is 1. The lowest BCUT2D eigenvalue weighted by molar-refractivity contribution is 0.102. The first kappa shape index (κ1) is 15.6. The van der Waals surface area contributed by atoms with Crippen molar-refractivity contribution >= 4 is 17.5 Å². The summed E-state index contributed by atoms with van der Waals surface area (Å²) in [6.45, 7) is 1.96. The van der Waals surface area contributed by atoms with E-state index >= 15 is 0 Å². The maximum Gasteiger partial charge on any atom is 0.275 e. The number of halogens is 1. The first-order valence-electron chi connectivity index (χ1n) is 7.16. The third-order valence-electron chi connectivity index (χ3n) is 3.19. The van der Waals surface area contributed by atoms with Gasteiger partial charge in [0.2, 0.25) is 0 Å². The maximum absolute atomic E-state index is 13.6. The minimum Gasteiger partial charge on any atom is -0.366 e. The molecule has 7 nitrogen and oxygen atoms in total. The van der Waals surface area contributed by atoms with E-state index in [0.717, 1.165) is 0 Å². The molecule has 0 bridgehead atoms. The third kappa shape index (κ3) is 3.72. The highest BCUT2D eigenvalue weighted by molar-refractivity contribution is 6.02. The summed E-state index contributed by atoms with van der Waals surface area (Å²) in [6.07, 6.45) is 1.26. The van der Waals surface area contributed by atoms with Crippen LogP contribution in [0.4, 0.5) is 16.0 Å². The normalized spacial score (nSPS) is 10.4. The number of hydrogen-bond donors (Lipinski definition) is 2. The molecule has 2 N–H and O–H groups in total. The van der Waals surface area contributed by atoms with E-state index in [4.69, 9.17) is 4.52 Å². The number of aromatic nitrogens is 3. The van der Waals surface area contributed by atoms with Gasteiger partial charge in [-0.3, -0.25) is 4.79 Å². The van der Waals surface area contributed by atoms with Crippen molar-refractivity contribution in [3.63, 3.8) is 0 Å². The molecule has 0 unspecified atom stereocenters. The van der Waals surface area contributed by atoms with Gasteiger partial charge in [-0.1, -0.05) is 23.4 Å². The summed E-state index contributed by atoms with van der Waals surface area (Å²) in [5, 5.41) is 9.21. The zero-order valence-electron chi connectivity index (χ0n) is 12.8. The quantitative estimate of drug-likeness (QED) is 0.748. The van der Waals surface area contributed by atoms with Gasteiger partial charge in [0.15, 0.2) is 5.82 Å². The Hall–Kier alpha value is -3.29. The number of nitrogens with zero attached hydrogens (tertiary/aromatic N) is 3. The minimum atomic E-state index is -0.445. The molecule has 1 amide bonds. The first-order valence-corrected chi connectivity index (χ1v) is 7.16. The van der Waals surface area contributed by atoms with Crippen molar-refractivity contribution in [2.24, 2.45) is 0 Å². The molecule has 8 heteroatoms. The van der Waals surface area contributed by atoms with Crippen LogP contribution in [0.15, 0.2) is 47.2 Å². The standard InChI is InChI=1S/C16H14FN5O2/c1-10-6-15(22-24-10)21-16(23)13-7-14(20-9-19-13)18-8-11-4-2-3-5-12(11)17/h2-7,9H,8H2,1H3,(H,18,19,20)(H,21,22,23). The zero-order chi connectivity index (χ0) is 16.9. The molecule has 0 atom stereocenters. The van der Waals surface area contributed by atoms with Crippen LogP contribution >= 0.6 is 0 Å². The molecule has 3 rings (SSSR count). The number of nitrogens with one attached hydrogen (secondary N) is 2. The molecule has 0 fully saturated rings. The Morgan fingerprint density at radius 2 is 2.04 bits per heavy atom. The van der Waals surface area contributed by atoms with E-state index in [2.05, 4.69) is 25.8 Å². The van der Waals surface area contributed by atoms with Crippen LogP contribution in [0.1, 0.15) is 21.8 Å². The van der Waals surface area contributed by atoms with Gasteiger partial charge in [0, 0.05) is 24.2 Å². The Morgan fingerprint density at radius 3 is 2.79 bits per heavy atom. The Labute approximate surface area is 136 Å². The van der Waals surface area contributed by atoms with Crippen LogP contribution in [-0.4, -0.2) is 21.0 Å². The summed E-state index contributed by atoms with van der Waals surface area (Å²) < 4.78 is 18.5. The Bertz CT molecular complexity index is 865. The largest absolute Gasteiger partial charge is 0.366 e. The molecule has 0 aliphatic heterocycles. The summed E-state index contributed by atoms with van der Waals surface area (Å²) in [5.41, 5.74) is 0.655. The van der Waals surface area contributed by atoms with E-state index < -0.39 is 5.91 Å². The zero-order valence-corrected chi connectivity index (χ0v) is 12.8. The molecule has 122 valence electrons.